The van der Waals surface area contributed by atoms with E-state index in [0.29, 0.717) is 27.6 Å². The topological polar surface area (TPSA) is 88.2 Å². The zero-order valence-electron chi connectivity index (χ0n) is 19.9. The predicted molar refractivity (Wildman–Crippen MR) is 136 cm³/mol. The molecule has 4 aromatic rings. The third-order valence-electron chi connectivity index (χ3n) is 5.78. The Balaban J connectivity index is 1.54. The highest BCUT2D eigenvalue weighted by atomic mass is 35.5. The van der Waals surface area contributed by atoms with Gasteiger partial charge in [-0.05, 0) is 62.7 Å². The van der Waals surface area contributed by atoms with E-state index in [1.165, 1.54) is 11.2 Å². The Kier molecular flexibility index (Phi) is 6.98. The van der Waals surface area contributed by atoms with Crippen LogP contribution < -0.4 is 10.3 Å². The van der Waals surface area contributed by atoms with Gasteiger partial charge in [-0.2, -0.15) is 0 Å². The van der Waals surface area contributed by atoms with Crippen LogP contribution in [0.4, 0.5) is 0 Å². The maximum absolute atomic E-state index is 13.0. The molecule has 0 spiro atoms. The second kappa shape index (κ2) is 10.1. The molecule has 178 valence electrons. The Morgan fingerprint density at radius 3 is 2.57 bits per heavy atom. The first-order valence-electron chi connectivity index (χ1n) is 11.0. The summed E-state index contributed by atoms with van der Waals surface area (Å²) < 4.78 is 6.09. The van der Waals surface area contributed by atoms with Crippen LogP contribution in [-0.4, -0.2) is 32.8 Å². The summed E-state index contributed by atoms with van der Waals surface area (Å²) in [6.07, 6.45) is 3.19. The molecule has 35 heavy (non-hydrogen) atoms. The van der Waals surface area contributed by atoms with E-state index < -0.39 is 0 Å². The number of aryl methyl sites for hydroxylation is 2. The van der Waals surface area contributed by atoms with E-state index in [1.54, 1.807) is 31.4 Å². The van der Waals surface area contributed by atoms with Crippen LogP contribution in [0.25, 0.3) is 11.3 Å². The summed E-state index contributed by atoms with van der Waals surface area (Å²) in [5.41, 5.74) is 5.01. The molecule has 2 aromatic carbocycles. The number of hydrogen-bond donors (Lipinski definition) is 1. The molecule has 0 aliphatic carbocycles. The van der Waals surface area contributed by atoms with Crippen molar-refractivity contribution >= 4 is 17.5 Å². The molecule has 0 aliphatic heterocycles. The van der Waals surface area contributed by atoms with Crippen LogP contribution in [0.5, 0.6) is 11.5 Å². The van der Waals surface area contributed by atoms with Crippen molar-refractivity contribution in [2.75, 3.05) is 7.05 Å². The number of rotatable bonds is 6. The van der Waals surface area contributed by atoms with Crippen LogP contribution in [0.3, 0.4) is 0 Å². The van der Waals surface area contributed by atoms with Gasteiger partial charge in [-0.3, -0.25) is 9.59 Å². The first-order valence-corrected chi connectivity index (χ1v) is 11.4. The molecule has 0 saturated carbocycles. The van der Waals surface area contributed by atoms with E-state index in [2.05, 4.69) is 15.0 Å². The fourth-order valence-electron chi connectivity index (χ4n) is 3.90. The van der Waals surface area contributed by atoms with Crippen molar-refractivity contribution in [2.45, 2.75) is 27.3 Å². The van der Waals surface area contributed by atoms with E-state index in [1.807, 2.05) is 51.1 Å². The van der Waals surface area contributed by atoms with Gasteiger partial charge in [0, 0.05) is 41.2 Å². The summed E-state index contributed by atoms with van der Waals surface area (Å²) in [6.45, 7) is 5.82. The van der Waals surface area contributed by atoms with Gasteiger partial charge in [-0.15, -0.1) is 0 Å². The van der Waals surface area contributed by atoms with E-state index in [0.717, 1.165) is 28.1 Å². The highest BCUT2D eigenvalue weighted by Crippen LogP contribution is 2.35. The van der Waals surface area contributed by atoms with Gasteiger partial charge in [0.05, 0.1) is 17.3 Å². The first-order chi connectivity index (χ1) is 16.7. The number of aromatic amines is 1. The zero-order chi connectivity index (χ0) is 25.1. The Morgan fingerprint density at radius 2 is 1.89 bits per heavy atom. The van der Waals surface area contributed by atoms with E-state index in [-0.39, 0.29) is 18.0 Å². The third-order valence-corrected chi connectivity index (χ3v) is 6.07. The quantitative estimate of drug-likeness (QED) is 0.388. The minimum Gasteiger partial charge on any atom is -0.456 e. The fraction of sp³-hybridized carbons (Fsp3) is 0.185. The van der Waals surface area contributed by atoms with Crippen molar-refractivity contribution in [1.29, 1.82) is 0 Å². The summed E-state index contributed by atoms with van der Waals surface area (Å²) >= 11 is 6.49. The van der Waals surface area contributed by atoms with E-state index in [9.17, 15) is 9.59 Å². The number of carbonyl (C=O) groups is 1. The number of H-pyrrole nitrogens is 1. The van der Waals surface area contributed by atoms with Crippen LogP contribution >= 0.6 is 11.6 Å². The van der Waals surface area contributed by atoms with E-state index >= 15 is 0 Å². The Labute approximate surface area is 208 Å². The molecule has 0 bridgehead atoms. The summed E-state index contributed by atoms with van der Waals surface area (Å²) in [6, 6.07) is 14.3. The molecule has 7 nitrogen and oxygen atoms in total. The zero-order valence-corrected chi connectivity index (χ0v) is 20.7. The van der Waals surface area contributed by atoms with Gasteiger partial charge in [0.15, 0.2) is 0 Å². The highest BCUT2D eigenvalue weighted by molar-refractivity contribution is 6.32. The summed E-state index contributed by atoms with van der Waals surface area (Å²) in [5, 5.41) is 0.306. The normalized spacial score (nSPS) is 10.8. The van der Waals surface area contributed by atoms with Crippen molar-refractivity contribution in [3.63, 3.8) is 0 Å². The Hall–Kier alpha value is -3.97. The van der Waals surface area contributed by atoms with Crippen LogP contribution in [0, 0.1) is 20.8 Å². The third kappa shape index (κ3) is 5.25. The number of carbonyl (C=O) groups excluding carboxylic acids is 1. The number of amides is 1. The number of nitrogens with one attached hydrogen (secondary N) is 1. The number of pyridine rings is 1. The molecular weight excluding hydrogens is 464 g/mol. The molecule has 0 saturated heterocycles. The second-order valence-electron chi connectivity index (χ2n) is 8.37. The molecular formula is C27H25ClN4O3. The maximum Gasteiger partial charge on any atom is 0.253 e. The standard InChI is InChI=1S/C27H25ClN4O3/c1-16-12-17(2)31-26(33)21(16)14-32(4)27(34)19-8-9-25(22(28)13-19)35-24-7-5-6-20(18(24)3)23-10-11-29-15-30-23/h5-13,15H,14H2,1-4H3,(H,31,33). The molecule has 0 aliphatic rings. The van der Waals surface area contributed by atoms with Gasteiger partial charge < -0.3 is 14.6 Å². The number of hydrogen-bond acceptors (Lipinski definition) is 5. The lowest BCUT2D eigenvalue weighted by Crippen LogP contribution is -2.30. The Morgan fingerprint density at radius 1 is 1.09 bits per heavy atom. The van der Waals surface area contributed by atoms with Crippen molar-refractivity contribution in [3.05, 3.63) is 104 Å². The Bertz CT molecular complexity index is 1450. The molecule has 1 amide bonds. The summed E-state index contributed by atoms with van der Waals surface area (Å²) in [4.78, 5) is 37.9. The van der Waals surface area contributed by atoms with Crippen molar-refractivity contribution < 1.29 is 9.53 Å². The van der Waals surface area contributed by atoms with Gasteiger partial charge in [0.2, 0.25) is 0 Å². The van der Waals surface area contributed by atoms with Gasteiger partial charge in [-0.25, -0.2) is 9.97 Å². The number of benzene rings is 2. The number of ether oxygens (including phenoxy) is 1. The van der Waals surface area contributed by atoms with Crippen LogP contribution in [0.15, 0.2) is 65.8 Å². The maximum atomic E-state index is 13.0. The molecule has 0 fully saturated rings. The highest BCUT2D eigenvalue weighted by Gasteiger charge is 2.18. The fourth-order valence-corrected chi connectivity index (χ4v) is 4.11. The number of halogens is 1. The monoisotopic (exact) mass is 488 g/mol. The molecule has 4 rings (SSSR count). The molecule has 2 aromatic heterocycles. The minimum absolute atomic E-state index is 0.186. The minimum atomic E-state index is -0.250. The van der Waals surface area contributed by atoms with Crippen LogP contribution in [0.2, 0.25) is 5.02 Å². The SMILES string of the molecule is Cc1cc(C)c(CN(C)C(=O)c2ccc(Oc3cccc(-c4ccncn4)c3C)c(Cl)c2)c(=O)[nH]1. The lowest BCUT2D eigenvalue weighted by Gasteiger charge is -2.19. The van der Waals surface area contributed by atoms with Crippen LogP contribution in [-0.2, 0) is 6.54 Å². The van der Waals surface area contributed by atoms with E-state index in [4.69, 9.17) is 16.3 Å². The van der Waals surface area contributed by atoms with Crippen molar-refractivity contribution in [2.24, 2.45) is 0 Å². The molecule has 1 N–H and O–H groups in total. The molecule has 0 atom stereocenters. The molecule has 8 heteroatoms. The average molecular weight is 489 g/mol. The predicted octanol–water partition coefficient (Wildman–Crippen LogP) is 5.48. The van der Waals surface area contributed by atoms with Gasteiger partial charge in [-0.1, -0.05) is 23.7 Å². The van der Waals surface area contributed by atoms with Crippen molar-refractivity contribution in [1.82, 2.24) is 19.9 Å². The lowest BCUT2D eigenvalue weighted by molar-refractivity contribution is 0.0784. The second-order valence-corrected chi connectivity index (χ2v) is 8.78. The average Bonchev–Trinajstić information content (AvgIpc) is 2.83. The van der Waals surface area contributed by atoms with Gasteiger partial charge >= 0.3 is 0 Å². The summed E-state index contributed by atoms with van der Waals surface area (Å²) in [5.74, 6) is 0.813. The number of nitrogens with zero attached hydrogens (tertiary/aromatic N) is 3. The smallest absolute Gasteiger partial charge is 0.253 e. The largest absolute Gasteiger partial charge is 0.456 e. The van der Waals surface area contributed by atoms with Gasteiger partial charge in [0.25, 0.3) is 11.5 Å². The lowest BCUT2D eigenvalue weighted by atomic mass is 10.0. The van der Waals surface area contributed by atoms with Gasteiger partial charge in [0.1, 0.15) is 17.8 Å². The molecule has 0 radical (unpaired) electrons. The molecule has 0 unspecified atom stereocenters. The first kappa shape index (κ1) is 24.2. The molecule has 2 heterocycles. The summed E-state index contributed by atoms with van der Waals surface area (Å²) in [7, 11) is 1.65. The van der Waals surface area contributed by atoms with Crippen LogP contribution in [0.1, 0.15) is 32.7 Å². The number of aromatic nitrogens is 3. The van der Waals surface area contributed by atoms with Crippen molar-refractivity contribution in [3.8, 4) is 22.8 Å².